The third-order valence-electron chi connectivity index (χ3n) is 6.61. The average molecular weight is 438 g/mol. The summed E-state index contributed by atoms with van der Waals surface area (Å²) in [6.45, 7) is 14.8. The van der Waals surface area contributed by atoms with Gasteiger partial charge in [-0.15, -0.1) is 0 Å². The van der Waals surface area contributed by atoms with Gasteiger partial charge in [-0.3, -0.25) is 0 Å². The van der Waals surface area contributed by atoms with Gasteiger partial charge in [-0.05, 0) is 71.4 Å². The minimum absolute atomic E-state index is 0.331. The van der Waals surface area contributed by atoms with Crippen molar-refractivity contribution in [3.8, 4) is 5.75 Å². The molecule has 1 fully saturated rings. The molecule has 0 aliphatic carbocycles. The molecule has 2 aromatic carbocycles. The Hall–Kier alpha value is -1.87. The summed E-state index contributed by atoms with van der Waals surface area (Å²) in [6, 6.07) is 13.7. The lowest BCUT2D eigenvalue weighted by atomic mass is 9.83. The molecule has 1 atom stereocenters. The van der Waals surface area contributed by atoms with Crippen molar-refractivity contribution in [1.82, 2.24) is 4.90 Å². The van der Waals surface area contributed by atoms with Crippen LogP contribution in [0.2, 0.25) is 0 Å². The van der Waals surface area contributed by atoms with Gasteiger partial charge in [-0.1, -0.05) is 78.0 Å². The lowest BCUT2D eigenvalue weighted by Crippen LogP contribution is -2.39. The van der Waals surface area contributed by atoms with Gasteiger partial charge in [0.1, 0.15) is 10.7 Å². The number of hydrogen-bond donors (Lipinski definition) is 0. The monoisotopic (exact) mass is 437 g/mol. The van der Waals surface area contributed by atoms with Gasteiger partial charge >= 0.3 is 0 Å². The fourth-order valence-corrected chi connectivity index (χ4v) is 5.15. The van der Waals surface area contributed by atoms with E-state index in [1.54, 1.807) is 7.11 Å². The fraction of sp³-hybridized carbons (Fsp3) is 0.536. The maximum Gasteiger partial charge on any atom is 0.118 e. The molecule has 3 rings (SSSR count). The molecule has 0 unspecified atom stereocenters. The zero-order valence-electron chi connectivity index (χ0n) is 20.4. The minimum atomic E-state index is 0.331. The summed E-state index contributed by atoms with van der Waals surface area (Å²) in [4.78, 5) is 3.53. The zero-order chi connectivity index (χ0) is 22.7. The topological polar surface area (TPSA) is 12.5 Å². The number of thiocarbonyl (C=S) groups is 1. The third-order valence-corrected chi connectivity index (χ3v) is 7.05. The number of rotatable bonds is 6. The summed E-state index contributed by atoms with van der Waals surface area (Å²) >= 11 is 6.29. The van der Waals surface area contributed by atoms with Crippen molar-refractivity contribution in [2.45, 2.75) is 84.6 Å². The molecule has 0 bridgehead atoms. The van der Waals surface area contributed by atoms with E-state index in [0.29, 0.717) is 23.8 Å². The van der Waals surface area contributed by atoms with E-state index in [9.17, 15) is 0 Å². The quantitative estimate of drug-likeness (QED) is 0.425. The van der Waals surface area contributed by atoms with Gasteiger partial charge in [0.25, 0.3) is 0 Å². The van der Waals surface area contributed by atoms with Gasteiger partial charge in [-0.2, -0.15) is 0 Å². The number of hydrogen-bond acceptors (Lipinski definition) is 2. The Morgan fingerprint density at radius 1 is 0.903 bits per heavy atom. The van der Waals surface area contributed by atoms with Gasteiger partial charge in [0.15, 0.2) is 0 Å². The Kier molecular flexibility index (Phi) is 7.80. The van der Waals surface area contributed by atoms with Crippen molar-refractivity contribution in [1.29, 1.82) is 0 Å². The SMILES string of the molecule is COc1ccc([C@H]2CCCCN2C(=S)c2c(C(C)C)cc(C(C)C)cc2C(C)C)cc1. The van der Waals surface area contributed by atoms with Gasteiger partial charge in [-0.25, -0.2) is 0 Å². The van der Waals surface area contributed by atoms with Crippen LogP contribution in [0.5, 0.6) is 5.75 Å². The molecular formula is C28H39NOS. The highest BCUT2D eigenvalue weighted by Gasteiger charge is 2.30. The molecule has 0 saturated carbocycles. The summed E-state index contributed by atoms with van der Waals surface area (Å²) in [7, 11) is 1.72. The highest BCUT2D eigenvalue weighted by Crippen LogP contribution is 2.38. The number of piperidine rings is 1. The van der Waals surface area contributed by atoms with Crippen LogP contribution in [0.4, 0.5) is 0 Å². The van der Waals surface area contributed by atoms with Crippen molar-refractivity contribution < 1.29 is 4.74 Å². The van der Waals surface area contributed by atoms with E-state index in [1.807, 2.05) is 0 Å². The van der Waals surface area contributed by atoms with Crippen LogP contribution in [0, 0.1) is 0 Å². The van der Waals surface area contributed by atoms with E-state index >= 15 is 0 Å². The maximum absolute atomic E-state index is 6.29. The van der Waals surface area contributed by atoms with E-state index in [1.165, 1.54) is 40.7 Å². The molecule has 0 amide bonds. The average Bonchev–Trinajstić information content (AvgIpc) is 2.77. The first-order valence-electron chi connectivity index (χ1n) is 11.9. The molecule has 0 aromatic heterocycles. The first-order chi connectivity index (χ1) is 14.7. The number of methoxy groups -OCH3 is 1. The predicted molar refractivity (Wildman–Crippen MR) is 137 cm³/mol. The second kappa shape index (κ2) is 10.2. The molecule has 31 heavy (non-hydrogen) atoms. The normalized spacial score (nSPS) is 17.0. The highest BCUT2D eigenvalue weighted by molar-refractivity contribution is 7.80. The second-order valence-electron chi connectivity index (χ2n) is 9.82. The summed E-state index contributed by atoms with van der Waals surface area (Å²) in [5, 5.41) is 0. The van der Waals surface area contributed by atoms with Crippen LogP contribution in [0.15, 0.2) is 36.4 Å². The van der Waals surface area contributed by atoms with Gasteiger partial charge < -0.3 is 9.64 Å². The molecule has 168 valence electrons. The van der Waals surface area contributed by atoms with E-state index in [-0.39, 0.29) is 0 Å². The Bertz CT molecular complexity index is 869. The molecule has 0 spiro atoms. The minimum Gasteiger partial charge on any atom is -0.497 e. The van der Waals surface area contributed by atoms with Crippen molar-refractivity contribution in [2.24, 2.45) is 0 Å². The highest BCUT2D eigenvalue weighted by atomic mass is 32.1. The van der Waals surface area contributed by atoms with Crippen LogP contribution in [-0.4, -0.2) is 23.5 Å². The van der Waals surface area contributed by atoms with Crippen LogP contribution in [0.3, 0.4) is 0 Å². The van der Waals surface area contributed by atoms with Gasteiger partial charge in [0, 0.05) is 12.1 Å². The summed E-state index contributed by atoms with van der Waals surface area (Å²) in [5.41, 5.74) is 6.87. The number of likely N-dealkylation sites (tertiary alicyclic amines) is 1. The predicted octanol–water partition coefficient (Wildman–Crippen LogP) is 7.97. The van der Waals surface area contributed by atoms with Crippen LogP contribution >= 0.6 is 12.2 Å². The van der Waals surface area contributed by atoms with Crippen LogP contribution in [0.25, 0.3) is 0 Å². The lowest BCUT2D eigenvalue weighted by Gasteiger charge is -2.39. The first-order valence-corrected chi connectivity index (χ1v) is 12.3. The van der Waals surface area contributed by atoms with Crippen LogP contribution in [-0.2, 0) is 0 Å². The molecule has 3 heteroatoms. The third kappa shape index (κ3) is 5.14. The van der Waals surface area contributed by atoms with Crippen LogP contribution in [0.1, 0.15) is 112 Å². The Morgan fingerprint density at radius 2 is 1.48 bits per heavy atom. The number of ether oxygens (including phenoxy) is 1. The fourth-order valence-electron chi connectivity index (χ4n) is 4.69. The molecule has 1 heterocycles. The molecular weight excluding hydrogens is 398 g/mol. The van der Waals surface area contributed by atoms with Crippen molar-refractivity contribution in [2.75, 3.05) is 13.7 Å². The van der Waals surface area contributed by atoms with Crippen molar-refractivity contribution in [3.05, 3.63) is 64.2 Å². The summed E-state index contributed by atoms with van der Waals surface area (Å²) < 4.78 is 5.38. The zero-order valence-corrected chi connectivity index (χ0v) is 21.2. The molecule has 2 aromatic rings. The molecule has 0 N–H and O–H groups in total. The number of benzene rings is 2. The molecule has 1 aliphatic rings. The largest absolute Gasteiger partial charge is 0.497 e. The van der Waals surface area contributed by atoms with Gasteiger partial charge in [0.05, 0.1) is 13.2 Å². The Balaban J connectivity index is 2.08. The standard InChI is InChI=1S/C28H39NOS/c1-18(2)22-16-24(19(3)4)27(25(17-22)20(5)6)28(31)29-15-9-8-10-26(29)21-11-13-23(30-7)14-12-21/h11-14,16-20,26H,8-10,15H2,1-7H3/t26-/m1/s1. The Labute approximate surface area is 195 Å². The maximum atomic E-state index is 6.29. The molecule has 2 nitrogen and oxygen atoms in total. The summed E-state index contributed by atoms with van der Waals surface area (Å²) in [6.07, 6.45) is 3.59. The van der Waals surface area contributed by atoms with E-state index < -0.39 is 0 Å². The second-order valence-corrected chi connectivity index (χ2v) is 10.2. The lowest BCUT2D eigenvalue weighted by molar-refractivity contribution is 0.249. The van der Waals surface area contributed by atoms with Crippen molar-refractivity contribution >= 4 is 17.2 Å². The molecule has 0 radical (unpaired) electrons. The summed E-state index contributed by atoms with van der Waals surface area (Å²) in [5.74, 6) is 2.29. The smallest absolute Gasteiger partial charge is 0.118 e. The first kappa shape index (κ1) is 23.8. The number of nitrogens with zero attached hydrogens (tertiary/aromatic N) is 1. The van der Waals surface area contributed by atoms with Crippen LogP contribution < -0.4 is 4.74 Å². The van der Waals surface area contributed by atoms with E-state index in [2.05, 4.69) is 82.8 Å². The molecule has 1 aliphatic heterocycles. The van der Waals surface area contributed by atoms with Gasteiger partial charge in [0.2, 0.25) is 0 Å². The van der Waals surface area contributed by atoms with E-state index in [0.717, 1.165) is 23.7 Å². The van der Waals surface area contributed by atoms with Crippen molar-refractivity contribution in [3.63, 3.8) is 0 Å². The Morgan fingerprint density at radius 3 is 1.97 bits per heavy atom. The van der Waals surface area contributed by atoms with E-state index in [4.69, 9.17) is 17.0 Å². The molecule has 1 saturated heterocycles.